The van der Waals surface area contributed by atoms with Crippen LogP contribution in [-0.2, 0) is 0 Å². The third kappa shape index (κ3) is 20.4. The zero-order chi connectivity index (χ0) is 11.5. The molecular weight excluding hydrogens is 369 g/mol. The molecule has 0 aliphatic rings. The lowest BCUT2D eigenvalue weighted by Gasteiger charge is -2.15. The van der Waals surface area contributed by atoms with Gasteiger partial charge in [-0.05, 0) is 0 Å². The second-order valence-corrected chi connectivity index (χ2v) is 8.61. The Kier molecular flexibility index (Phi) is 44.3. The van der Waals surface area contributed by atoms with Gasteiger partial charge in [0.2, 0.25) is 0 Å². The highest BCUT2D eigenvalue weighted by Gasteiger charge is 2.10. The summed E-state index contributed by atoms with van der Waals surface area (Å²) in [4.78, 5) is 0. The number of rotatable bonds is 10. The summed E-state index contributed by atoms with van der Waals surface area (Å²) in [7, 11) is 0. The van der Waals surface area contributed by atoms with E-state index in [2.05, 4.69) is 50.5 Å². The Morgan fingerprint density at radius 3 is 1.16 bits per heavy atom. The fraction of sp³-hybridized carbons (Fsp3) is 1.00. The number of hydrogen-bond donors (Lipinski definition) is 4. The summed E-state index contributed by atoms with van der Waals surface area (Å²) in [5.74, 6) is 4.19. The Morgan fingerprint density at radius 2 is 0.947 bits per heavy atom. The molecular formula is C12H34S7. The van der Waals surface area contributed by atoms with E-state index in [-0.39, 0.29) is 29.7 Å². The maximum absolute atomic E-state index is 4.34. The van der Waals surface area contributed by atoms with Gasteiger partial charge in [-0.25, -0.2) is 0 Å². The fourth-order valence-corrected chi connectivity index (χ4v) is 6.23. The lowest BCUT2D eigenvalue weighted by molar-refractivity contribution is 1.12. The highest BCUT2D eigenvalue weighted by atomic mass is 32.2. The van der Waals surface area contributed by atoms with E-state index in [0.717, 1.165) is 33.2 Å². The third-order valence-electron chi connectivity index (χ3n) is 1.64. The molecule has 0 bridgehead atoms. The van der Waals surface area contributed by atoms with E-state index in [1.54, 1.807) is 0 Å². The first-order valence-electron chi connectivity index (χ1n) is 4.52. The van der Waals surface area contributed by atoms with Crippen molar-refractivity contribution in [2.45, 2.75) is 40.2 Å². The van der Waals surface area contributed by atoms with Crippen LogP contribution in [0.25, 0.3) is 0 Å². The molecule has 0 N–H and O–H groups in total. The topological polar surface area (TPSA) is 0 Å². The minimum Gasteiger partial charge on any atom is -0.178 e. The van der Waals surface area contributed by atoms with Gasteiger partial charge in [0.25, 0.3) is 0 Å². The predicted molar refractivity (Wildman–Crippen MR) is 122 cm³/mol. The van der Waals surface area contributed by atoms with Crippen molar-refractivity contribution in [3.05, 3.63) is 0 Å². The van der Waals surface area contributed by atoms with Crippen LogP contribution in [0.5, 0.6) is 0 Å². The fourth-order valence-electron chi connectivity index (χ4n) is 0.849. The third-order valence-corrected chi connectivity index (χ3v) is 7.51. The molecule has 0 fully saturated rings. The zero-order valence-electron chi connectivity index (χ0n) is 8.41. The lowest BCUT2D eigenvalue weighted by Crippen LogP contribution is -2.13. The van der Waals surface area contributed by atoms with Crippen molar-refractivity contribution in [2.24, 2.45) is 0 Å². The van der Waals surface area contributed by atoms with Gasteiger partial charge >= 0.3 is 0 Å². The molecule has 124 valence electrons. The van der Waals surface area contributed by atoms with Crippen LogP contribution >= 0.6 is 85.8 Å². The van der Waals surface area contributed by atoms with Gasteiger partial charge in [-0.15, -0.1) is 23.5 Å². The monoisotopic (exact) mass is 402 g/mol. The van der Waals surface area contributed by atoms with Crippen molar-refractivity contribution in [3.8, 4) is 0 Å². The first-order valence-corrected chi connectivity index (χ1v) is 10.3. The summed E-state index contributed by atoms with van der Waals surface area (Å²) in [5.41, 5.74) is 0. The quantitative estimate of drug-likeness (QED) is 0.257. The van der Waals surface area contributed by atoms with Gasteiger partial charge in [-0.3, -0.25) is 0 Å². The smallest absolute Gasteiger partial charge is 0.0365 e. The van der Waals surface area contributed by atoms with Gasteiger partial charge in [-0.2, -0.15) is 62.3 Å². The first kappa shape index (κ1) is 33.1. The van der Waals surface area contributed by atoms with Crippen LogP contribution in [-0.4, -0.2) is 43.7 Å². The zero-order valence-corrected chi connectivity index (χ0v) is 14.4. The molecule has 2 unspecified atom stereocenters. The van der Waals surface area contributed by atoms with E-state index < -0.39 is 0 Å². The Bertz CT molecular complexity index is 121. The summed E-state index contributed by atoms with van der Waals surface area (Å²) in [6.45, 7) is 0. The standard InChI is InChI=1S/C8H18S7.4CH4/c9-1-7(14-5-11)3-13-4-8(2-10)15-6-12;;;;/h7-12H,1-6H2;4*1H4. The molecule has 0 radical (unpaired) electrons. The summed E-state index contributed by atoms with van der Waals surface area (Å²) in [5, 5.41) is 3.01. The first-order chi connectivity index (χ1) is 7.28. The van der Waals surface area contributed by atoms with Gasteiger partial charge in [0.15, 0.2) is 0 Å². The van der Waals surface area contributed by atoms with Crippen molar-refractivity contribution in [1.82, 2.24) is 0 Å². The van der Waals surface area contributed by atoms with E-state index in [0.29, 0.717) is 10.5 Å². The number of hydrogen-bond acceptors (Lipinski definition) is 7. The highest BCUT2D eigenvalue weighted by Crippen LogP contribution is 2.23. The van der Waals surface area contributed by atoms with E-state index in [1.165, 1.54) is 0 Å². The van der Waals surface area contributed by atoms with Gasteiger partial charge in [-0.1, -0.05) is 29.7 Å². The summed E-state index contributed by atoms with van der Waals surface area (Å²) >= 11 is 22.9. The summed E-state index contributed by atoms with van der Waals surface area (Å²) < 4.78 is 0. The van der Waals surface area contributed by atoms with Gasteiger partial charge in [0.05, 0.1) is 0 Å². The predicted octanol–water partition coefficient (Wildman–Crippen LogP) is 6.10. The Hall–Kier alpha value is 2.45. The molecule has 0 aliphatic heterocycles. The van der Waals surface area contributed by atoms with Crippen LogP contribution in [0, 0.1) is 0 Å². The molecule has 0 spiro atoms. The normalized spacial score (nSPS) is 12.0. The van der Waals surface area contributed by atoms with Gasteiger partial charge in [0, 0.05) is 43.7 Å². The second-order valence-electron chi connectivity index (χ2n) is 2.74. The average molecular weight is 403 g/mol. The maximum Gasteiger partial charge on any atom is 0.0365 e. The van der Waals surface area contributed by atoms with Crippen molar-refractivity contribution < 1.29 is 0 Å². The number of thioether (sulfide) groups is 3. The largest absolute Gasteiger partial charge is 0.178 e. The minimum atomic E-state index is 0. The lowest BCUT2D eigenvalue weighted by atomic mass is 10.5. The molecule has 0 amide bonds. The molecule has 0 aromatic carbocycles. The molecule has 0 saturated carbocycles. The van der Waals surface area contributed by atoms with Crippen LogP contribution in [0.3, 0.4) is 0 Å². The molecule has 0 nitrogen and oxygen atoms in total. The molecule has 7 heteroatoms. The van der Waals surface area contributed by atoms with Crippen LogP contribution in [0.15, 0.2) is 0 Å². The van der Waals surface area contributed by atoms with E-state index in [9.17, 15) is 0 Å². The van der Waals surface area contributed by atoms with Crippen molar-refractivity contribution in [2.75, 3.05) is 33.2 Å². The summed E-state index contributed by atoms with van der Waals surface area (Å²) in [6.07, 6.45) is 0. The minimum absolute atomic E-state index is 0. The van der Waals surface area contributed by atoms with Crippen LogP contribution < -0.4 is 0 Å². The summed E-state index contributed by atoms with van der Waals surface area (Å²) in [6, 6.07) is 0. The molecule has 0 aromatic heterocycles. The molecule has 0 rings (SSSR count). The number of thiol groups is 4. The second kappa shape index (κ2) is 25.4. The highest BCUT2D eigenvalue weighted by molar-refractivity contribution is 8.12. The van der Waals surface area contributed by atoms with Gasteiger partial charge in [0.1, 0.15) is 0 Å². The Labute approximate surface area is 158 Å². The maximum atomic E-state index is 4.34. The molecule has 19 heavy (non-hydrogen) atoms. The van der Waals surface area contributed by atoms with Crippen LogP contribution in [0.1, 0.15) is 29.7 Å². The molecule has 0 aliphatic carbocycles. The Morgan fingerprint density at radius 1 is 0.632 bits per heavy atom. The molecule has 0 aromatic rings. The molecule has 0 saturated heterocycles. The van der Waals surface area contributed by atoms with Gasteiger partial charge < -0.3 is 0 Å². The Balaban J connectivity index is -0.000000163. The van der Waals surface area contributed by atoms with Crippen LogP contribution in [0.4, 0.5) is 0 Å². The van der Waals surface area contributed by atoms with Crippen molar-refractivity contribution >= 4 is 85.8 Å². The van der Waals surface area contributed by atoms with E-state index >= 15 is 0 Å². The molecule has 2 atom stereocenters. The average Bonchev–Trinajstić information content (AvgIpc) is 2.26. The van der Waals surface area contributed by atoms with Crippen LogP contribution in [0.2, 0.25) is 0 Å². The van der Waals surface area contributed by atoms with E-state index in [4.69, 9.17) is 0 Å². The van der Waals surface area contributed by atoms with E-state index in [1.807, 2.05) is 35.3 Å². The SMILES string of the molecule is C.C.C.C.SCSC(CS)CSCC(CS)SCS. The molecule has 0 heterocycles. The van der Waals surface area contributed by atoms with Crippen molar-refractivity contribution in [3.63, 3.8) is 0 Å². The van der Waals surface area contributed by atoms with Crippen molar-refractivity contribution in [1.29, 1.82) is 0 Å².